The fourth-order valence-corrected chi connectivity index (χ4v) is 5.80. The number of allylic oxidation sites excluding steroid dienone is 1. The van der Waals surface area contributed by atoms with Crippen LogP contribution in [0.2, 0.25) is 19.1 Å². The number of aliphatic hydroxyl groups is 1. The molecule has 1 heterocycles. The highest BCUT2D eigenvalue weighted by Crippen LogP contribution is 2.29. The van der Waals surface area contributed by atoms with Crippen molar-refractivity contribution in [1.29, 1.82) is 0 Å². The van der Waals surface area contributed by atoms with Gasteiger partial charge in [0.15, 0.2) is 14.1 Å². The van der Waals surface area contributed by atoms with Crippen LogP contribution in [0.1, 0.15) is 86.0 Å². The first kappa shape index (κ1) is 28.3. The minimum absolute atomic E-state index is 0.201. The number of hydrogen-bond donors (Lipinski definition) is 1. The van der Waals surface area contributed by atoms with Gasteiger partial charge >= 0.3 is 0 Å². The highest BCUT2D eigenvalue weighted by molar-refractivity contribution is 6.71. The minimum atomic E-state index is -1.59. The summed E-state index contributed by atoms with van der Waals surface area (Å²) in [6.07, 6.45) is 10.9. The van der Waals surface area contributed by atoms with Gasteiger partial charge in [-0.25, -0.2) is 0 Å². The highest BCUT2D eigenvalue weighted by Gasteiger charge is 2.35. The third-order valence-electron chi connectivity index (χ3n) is 6.56. The van der Waals surface area contributed by atoms with Crippen molar-refractivity contribution in [1.82, 2.24) is 0 Å². The molecule has 0 spiro atoms. The lowest BCUT2D eigenvalue weighted by Gasteiger charge is -2.27. The Morgan fingerprint density at radius 3 is 2.65 bits per heavy atom. The van der Waals surface area contributed by atoms with Gasteiger partial charge in [-0.05, 0) is 83.5 Å². The number of carbonyl (C=O) groups excluding carboxylic acids is 1. The number of unbranched alkanes of at least 4 members (excludes halogenated alkanes) is 1. The van der Waals surface area contributed by atoms with Crippen LogP contribution in [0.25, 0.3) is 0 Å². The molecular weight excluding hydrogens is 404 g/mol. The van der Waals surface area contributed by atoms with E-state index in [9.17, 15) is 9.90 Å². The number of rotatable bonds is 13. The second-order valence-corrected chi connectivity index (χ2v) is 14.7. The van der Waals surface area contributed by atoms with Crippen LogP contribution in [-0.2, 0) is 14.0 Å². The van der Waals surface area contributed by atoms with Crippen LogP contribution >= 0.6 is 0 Å². The number of hydrogen-bond acceptors (Lipinski definition) is 4. The fraction of sp³-hybridized carbons (Fsp3) is 0.808. The van der Waals surface area contributed by atoms with Crippen LogP contribution < -0.4 is 0 Å². The van der Waals surface area contributed by atoms with E-state index in [-0.39, 0.29) is 17.8 Å². The van der Waals surface area contributed by atoms with Crippen molar-refractivity contribution >= 4 is 14.1 Å². The molecule has 4 nitrogen and oxygen atoms in total. The second kappa shape index (κ2) is 13.7. The van der Waals surface area contributed by atoms with Gasteiger partial charge in [-0.2, -0.15) is 0 Å². The fourth-order valence-electron chi connectivity index (χ4n) is 3.92. The van der Waals surface area contributed by atoms with Crippen LogP contribution in [0.15, 0.2) is 23.3 Å². The molecule has 180 valence electrons. The van der Waals surface area contributed by atoms with Crippen molar-refractivity contribution in [2.24, 2.45) is 5.92 Å². The maximum Gasteiger partial charge on any atom is 0.187 e. The molecule has 0 amide bonds. The zero-order valence-corrected chi connectivity index (χ0v) is 22.3. The molecule has 1 rings (SSSR count). The molecule has 0 aromatic heterocycles. The predicted octanol–water partition coefficient (Wildman–Crippen LogP) is 6.60. The van der Waals surface area contributed by atoms with E-state index in [4.69, 9.17) is 9.16 Å². The summed E-state index contributed by atoms with van der Waals surface area (Å²) in [6.45, 7) is 16.1. The summed E-state index contributed by atoms with van der Waals surface area (Å²) in [5.74, 6) is 0.417. The molecule has 0 radical (unpaired) electrons. The maximum atomic E-state index is 12.8. The lowest BCUT2D eigenvalue weighted by Crippen LogP contribution is -2.37. The van der Waals surface area contributed by atoms with Crippen molar-refractivity contribution < 1.29 is 19.1 Å². The average molecular weight is 453 g/mol. The van der Waals surface area contributed by atoms with Gasteiger partial charge in [-0.15, -0.1) is 0 Å². The summed E-state index contributed by atoms with van der Waals surface area (Å²) in [7, 11) is -1.59. The van der Waals surface area contributed by atoms with Gasteiger partial charge in [0.2, 0.25) is 0 Å². The molecule has 2 unspecified atom stereocenters. The third kappa shape index (κ3) is 11.1. The topological polar surface area (TPSA) is 55.8 Å². The van der Waals surface area contributed by atoms with Crippen molar-refractivity contribution in [3.63, 3.8) is 0 Å². The first-order valence-electron chi connectivity index (χ1n) is 12.3. The summed E-state index contributed by atoms with van der Waals surface area (Å²) in [5, 5.41) is 10.3. The minimum Gasteiger partial charge on any atom is -0.414 e. The molecule has 1 saturated heterocycles. The molecule has 0 saturated carbocycles. The first-order chi connectivity index (χ1) is 14.5. The molecule has 1 fully saturated rings. The SMILES string of the molecule is CCCC[Si](C)(C)OCC=C1CCC(=O)[C@](C)(CCCC(C)C(O)CC=C(C)C)OC1. The summed E-state index contributed by atoms with van der Waals surface area (Å²) in [4.78, 5) is 12.8. The van der Waals surface area contributed by atoms with Gasteiger partial charge in [0.1, 0.15) is 5.60 Å². The molecule has 0 aromatic carbocycles. The first-order valence-corrected chi connectivity index (χ1v) is 15.4. The molecule has 0 bridgehead atoms. The quantitative estimate of drug-likeness (QED) is 0.253. The van der Waals surface area contributed by atoms with E-state index in [1.165, 1.54) is 30.0 Å². The number of ketones is 1. The lowest BCUT2D eigenvalue weighted by molar-refractivity contribution is -0.140. The highest BCUT2D eigenvalue weighted by atomic mass is 28.4. The van der Waals surface area contributed by atoms with Crippen molar-refractivity contribution in [3.8, 4) is 0 Å². The Balaban J connectivity index is 2.50. The molecular formula is C26H48O4Si. The molecule has 31 heavy (non-hydrogen) atoms. The molecule has 5 heteroatoms. The summed E-state index contributed by atoms with van der Waals surface area (Å²) >= 11 is 0. The van der Waals surface area contributed by atoms with E-state index in [1.807, 2.05) is 6.92 Å². The van der Waals surface area contributed by atoms with E-state index in [0.29, 0.717) is 32.5 Å². The monoisotopic (exact) mass is 452 g/mol. The normalized spacial score (nSPS) is 23.5. The van der Waals surface area contributed by atoms with E-state index in [2.05, 4.69) is 52.9 Å². The summed E-state index contributed by atoms with van der Waals surface area (Å²) in [5.41, 5.74) is 1.70. The van der Waals surface area contributed by atoms with Crippen LogP contribution in [0.5, 0.6) is 0 Å². The number of ether oxygens (including phenoxy) is 1. The molecule has 1 aliphatic rings. The molecule has 1 N–H and O–H groups in total. The lowest BCUT2D eigenvalue weighted by atomic mass is 9.88. The number of Topliss-reactive ketones (excluding diaryl/α,β-unsaturated/α-hetero) is 1. The average Bonchev–Trinajstić information content (AvgIpc) is 2.84. The largest absolute Gasteiger partial charge is 0.414 e. The zero-order chi connectivity index (χ0) is 23.5. The van der Waals surface area contributed by atoms with Crippen LogP contribution in [0.4, 0.5) is 0 Å². The molecule has 0 aliphatic carbocycles. The van der Waals surface area contributed by atoms with Gasteiger partial charge < -0.3 is 14.3 Å². The second-order valence-electron chi connectivity index (χ2n) is 10.4. The van der Waals surface area contributed by atoms with Crippen LogP contribution in [-0.4, -0.2) is 44.1 Å². The maximum absolute atomic E-state index is 12.8. The van der Waals surface area contributed by atoms with Gasteiger partial charge in [-0.3, -0.25) is 4.79 Å². The van der Waals surface area contributed by atoms with E-state index in [0.717, 1.165) is 19.3 Å². The Bertz CT molecular complexity index is 607. The number of carbonyl (C=O) groups is 1. The Hall–Kier alpha value is -0.753. The van der Waals surface area contributed by atoms with Crippen molar-refractivity contribution in [2.75, 3.05) is 13.2 Å². The van der Waals surface area contributed by atoms with Gasteiger partial charge in [0, 0.05) is 6.42 Å². The Labute approximate surface area is 192 Å². The van der Waals surface area contributed by atoms with Crippen molar-refractivity contribution in [3.05, 3.63) is 23.3 Å². The summed E-state index contributed by atoms with van der Waals surface area (Å²) < 4.78 is 12.3. The molecule has 1 aliphatic heterocycles. The van der Waals surface area contributed by atoms with E-state index >= 15 is 0 Å². The summed E-state index contributed by atoms with van der Waals surface area (Å²) in [6, 6.07) is 1.20. The Morgan fingerprint density at radius 1 is 1.29 bits per heavy atom. The standard InChI is InChI=1S/C26H48O4Si/c1-8-9-19-31(6,7)30-18-16-23-13-15-25(28)26(5,29-20-23)17-10-11-22(4)24(27)14-12-21(2)3/h12,16,22,24,27H,8-11,13-15,17-20H2,1-7H3/t22?,24?,26-/m0/s1. The Morgan fingerprint density at radius 2 is 2.00 bits per heavy atom. The van der Waals surface area contributed by atoms with Gasteiger partial charge in [0.05, 0.1) is 19.3 Å². The van der Waals surface area contributed by atoms with Crippen LogP contribution in [0.3, 0.4) is 0 Å². The predicted molar refractivity (Wildman–Crippen MR) is 133 cm³/mol. The van der Waals surface area contributed by atoms with Crippen LogP contribution in [0, 0.1) is 5.92 Å². The van der Waals surface area contributed by atoms with Gasteiger partial charge in [0.25, 0.3) is 0 Å². The van der Waals surface area contributed by atoms with Gasteiger partial charge in [-0.1, -0.05) is 44.4 Å². The van der Waals surface area contributed by atoms with E-state index < -0.39 is 13.9 Å². The van der Waals surface area contributed by atoms with Crippen molar-refractivity contribution in [2.45, 2.75) is 117 Å². The molecule has 3 atom stereocenters. The zero-order valence-electron chi connectivity index (χ0n) is 21.3. The third-order valence-corrected chi connectivity index (χ3v) is 9.06. The Kier molecular flexibility index (Phi) is 12.5. The smallest absolute Gasteiger partial charge is 0.187 e. The number of aliphatic hydroxyl groups excluding tert-OH is 1. The molecule has 0 aromatic rings. The van der Waals surface area contributed by atoms with E-state index in [1.54, 1.807) is 0 Å².